The van der Waals surface area contributed by atoms with Crippen LogP contribution in [0.2, 0.25) is 0 Å². The first-order valence-corrected chi connectivity index (χ1v) is 8.21. The minimum absolute atomic E-state index is 0.0585. The molecule has 1 aliphatic heterocycles. The van der Waals surface area contributed by atoms with Crippen LogP contribution < -0.4 is 5.63 Å². The smallest absolute Gasteiger partial charge is 0.336 e. The average molecular weight is 331 g/mol. The van der Waals surface area contributed by atoms with E-state index in [4.69, 9.17) is 9.15 Å². The van der Waals surface area contributed by atoms with Crippen molar-refractivity contribution >= 4 is 16.9 Å². The molecule has 2 aromatic rings. The van der Waals surface area contributed by atoms with Crippen molar-refractivity contribution < 1.29 is 19.1 Å². The van der Waals surface area contributed by atoms with Gasteiger partial charge in [0.15, 0.2) is 0 Å². The fraction of sp³-hybridized carbons (Fsp3) is 0.444. The molecule has 128 valence electrons. The van der Waals surface area contributed by atoms with Crippen LogP contribution in [0.15, 0.2) is 33.5 Å². The molecule has 1 saturated heterocycles. The Morgan fingerprint density at radius 2 is 2.25 bits per heavy atom. The van der Waals surface area contributed by atoms with Gasteiger partial charge in [-0.05, 0) is 44.0 Å². The third kappa shape index (κ3) is 3.59. The number of nitrogens with zero attached hydrogens (tertiary/aromatic N) is 1. The lowest BCUT2D eigenvalue weighted by Crippen LogP contribution is -2.39. The fourth-order valence-electron chi connectivity index (χ4n) is 3.24. The summed E-state index contributed by atoms with van der Waals surface area (Å²) in [6.07, 6.45) is 1.75. The predicted molar refractivity (Wildman–Crippen MR) is 88.8 cm³/mol. The van der Waals surface area contributed by atoms with Gasteiger partial charge in [-0.25, -0.2) is 4.79 Å². The number of ether oxygens (including phenoxy) is 1. The first-order chi connectivity index (χ1) is 11.6. The number of hydrogen-bond donors (Lipinski definition) is 1. The molecule has 6 nitrogen and oxygen atoms in total. The number of rotatable bonds is 4. The molecule has 0 spiro atoms. The van der Waals surface area contributed by atoms with Gasteiger partial charge in [0.05, 0.1) is 12.5 Å². The summed E-state index contributed by atoms with van der Waals surface area (Å²) in [5.74, 6) is -0.207. The van der Waals surface area contributed by atoms with Gasteiger partial charge in [0, 0.05) is 30.6 Å². The maximum atomic E-state index is 12.0. The van der Waals surface area contributed by atoms with E-state index >= 15 is 0 Å². The van der Waals surface area contributed by atoms with Crippen LogP contribution >= 0.6 is 0 Å². The molecule has 0 saturated carbocycles. The summed E-state index contributed by atoms with van der Waals surface area (Å²) in [5.41, 5.74) is 0.768. The van der Waals surface area contributed by atoms with Gasteiger partial charge in [-0.3, -0.25) is 9.69 Å². The Morgan fingerprint density at radius 1 is 1.42 bits per heavy atom. The van der Waals surface area contributed by atoms with Gasteiger partial charge < -0.3 is 14.3 Å². The summed E-state index contributed by atoms with van der Waals surface area (Å²) >= 11 is 0. The first-order valence-electron chi connectivity index (χ1n) is 8.21. The van der Waals surface area contributed by atoms with E-state index in [0.717, 1.165) is 30.3 Å². The Bertz CT molecular complexity index is 798. The minimum atomic E-state index is -0.443. The predicted octanol–water partition coefficient (Wildman–Crippen LogP) is 2.27. The zero-order valence-electron chi connectivity index (χ0n) is 13.7. The number of carbonyl (C=O) groups is 1. The van der Waals surface area contributed by atoms with E-state index in [9.17, 15) is 14.7 Å². The van der Waals surface area contributed by atoms with Gasteiger partial charge in [0.2, 0.25) is 0 Å². The zero-order valence-corrected chi connectivity index (χ0v) is 13.7. The topological polar surface area (TPSA) is 80.0 Å². The summed E-state index contributed by atoms with van der Waals surface area (Å²) in [6, 6.07) is 6.24. The van der Waals surface area contributed by atoms with Crippen LogP contribution in [0.25, 0.3) is 11.0 Å². The molecule has 1 atom stereocenters. The maximum Gasteiger partial charge on any atom is 0.336 e. The third-order valence-electron chi connectivity index (χ3n) is 4.33. The SMILES string of the molecule is CCOC(=O)[C@@H]1CCCN(Cc2cc(=O)oc3cc(O)ccc23)C1. The van der Waals surface area contributed by atoms with Crippen LogP contribution in [0, 0.1) is 5.92 Å². The van der Waals surface area contributed by atoms with Crippen LogP contribution in [0.3, 0.4) is 0 Å². The molecule has 24 heavy (non-hydrogen) atoms. The molecule has 0 amide bonds. The number of hydrogen-bond acceptors (Lipinski definition) is 6. The zero-order chi connectivity index (χ0) is 17.1. The molecule has 1 fully saturated rings. The average Bonchev–Trinajstić information content (AvgIpc) is 2.54. The summed E-state index contributed by atoms with van der Waals surface area (Å²) in [6.45, 7) is 4.25. The summed E-state index contributed by atoms with van der Waals surface area (Å²) < 4.78 is 10.3. The van der Waals surface area contributed by atoms with E-state index in [1.165, 1.54) is 12.1 Å². The number of aromatic hydroxyl groups is 1. The normalized spacial score (nSPS) is 18.6. The number of carbonyl (C=O) groups excluding carboxylic acids is 1. The van der Waals surface area contributed by atoms with Crippen molar-refractivity contribution in [2.45, 2.75) is 26.3 Å². The highest BCUT2D eigenvalue weighted by Crippen LogP contribution is 2.25. The molecule has 1 aromatic carbocycles. The van der Waals surface area contributed by atoms with Crippen molar-refractivity contribution in [3.05, 3.63) is 40.2 Å². The molecule has 0 radical (unpaired) electrons. The molecule has 0 aliphatic carbocycles. The Hall–Kier alpha value is -2.34. The Morgan fingerprint density at radius 3 is 3.04 bits per heavy atom. The maximum absolute atomic E-state index is 12.0. The molecule has 1 aliphatic rings. The van der Waals surface area contributed by atoms with Crippen LogP contribution in [-0.2, 0) is 16.1 Å². The molecule has 1 aromatic heterocycles. The number of phenols is 1. The Balaban J connectivity index is 1.82. The lowest BCUT2D eigenvalue weighted by atomic mass is 9.97. The molecule has 6 heteroatoms. The number of esters is 1. The second kappa shape index (κ2) is 7.05. The minimum Gasteiger partial charge on any atom is -0.508 e. The van der Waals surface area contributed by atoms with Crippen molar-refractivity contribution in [3.8, 4) is 5.75 Å². The van der Waals surface area contributed by atoms with Crippen molar-refractivity contribution in [2.24, 2.45) is 5.92 Å². The second-order valence-corrected chi connectivity index (χ2v) is 6.10. The lowest BCUT2D eigenvalue weighted by Gasteiger charge is -2.31. The fourth-order valence-corrected chi connectivity index (χ4v) is 3.24. The quantitative estimate of drug-likeness (QED) is 0.684. The number of fused-ring (bicyclic) bond motifs is 1. The Labute approximate surface area is 139 Å². The van der Waals surface area contributed by atoms with E-state index < -0.39 is 5.63 Å². The van der Waals surface area contributed by atoms with Crippen LogP contribution in [0.1, 0.15) is 25.3 Å². The molecule has 1 N–H and O–H groups in total. The van der Waals surface area contributed by atoms with E-state index in [2.05, 4.69) is 4.90 Å². The van der Waals surface area contributed by atoms with Crippen molar-refractivity contribution in [2.75, 3.05) is 19.7 Å². The molecule has 0 bridgehead atoms. The number of likely N-dealkylation sites (tertiary alicyclic amines) is 1. The van der Waals surface area contributed by atoms with E-state index in [0.29, 0.717) is 25.3 Å². The Kier molecular flexibility index (Phi) is 4.85. The van der Waals surface area contributed by atoms with Crippen LogP contribution in [0.5, 0.6) is 5.75 Å². The van der Waals surface area contributed by atoms with Crippen molar-refractivity contribution in [1.29, 1.82) is 0 Å². The van der Waals surface area contributed by atoms with Gasteiger partial charge in [-0.15, -0.1) is 0 Å². The first kappa shape index (κ1) is 16.5. The van der Waals surface area contributed by atoms with Crippen LogP contribution in [-0.4, -0.2) is 35.7 Å². The monoisotopic (exact) mass is 331 g/mol. The molecule has 2 heterocycles. The highest BCUT2D eigenvalue weighted by molar-refractivity contribution is 5.81. The van der Waals surface area contributed by atoms with Gasteiger partial charge in [-0.2, -0.15) is 0 Å². The second-order valence-electron chi connectivity index (χ2n) is 6.10. The van der Waals surface area contributed by atoms with Gasteiger partial charge >= 0.3 is 11.6 Å². The summed E-state index contributed by atoms with van der Waals surface area (Å²) in [5, 5.41) is 10.4. The van der Waals surface area contributed by atoms with E-state index in [-0.39, 0.29) is 17.6 Å². The standard InChI is InChI=1S/C18H21NO5/c1-2-23-18(22)12-4-3-7-19(10-12)11-13-8-17(21)24-16-9-14(20)5-6-15(13)16/h5-6,8-9,12,20H,2-4,7,10-11H2,1H3/t12-/m1/s1. The van der Waals surface area contributed by atoms with Gasteiger partial charge in [0.1, 0.15) is 11.3 Å². The van der Waals surface area contributed by atoms with Crippen molar-refractivity contribution in [1.82, 2.24) is 4.90 Å². The van der Waals surface area contributed by atoms with Crippen LogP contribution in [0.4, 0.5) is 0 Å². The summed E-state index contributed by atoms with van der Waals surface area (Å²) in [4.78, 5) is 25.9. The number of benzene rings is 1. The number of piperidine rings is 1. The lowest BCUT2D eigenvalue weighted by molar-refractivity contribution is -0.150. The molecular weight excluding hydrogens is 310 g/mol. The highest BCUT2D eigenvalue weighted by atomic mass is 16.5. The highest BCUT2D eigenvalue weighted by Gasteiger charge is 2.27. The van der Waals surface area contributed by atoms with Gasteiger partial charge in [0.25, 0.3) is 0 Å². The molecular formula is C18H21NO5. The van der Waals surface area contributed by atoms with Crippen molar-refractivity contribution in [3.63, 3.8) is 0 Å². The van der Waals surface area contributed by atoms with E-state index in [1.54, 1.807) is 12.1 Å². The molecule has 3 rings (SSSR count). The summed E-state index contributed by atoms with van der Waals surface area (Å²) in [7, 11) is 0. The van der Waals surface area contributed by atoms with E-state index in [1.807, 2.05) is 6.92 Å². The molecule has 0 unspecified atom stereocenters. The van der Waals surface area contributed by atoms with Gasteiger partial charge in [-0.1, -0.05) is 0 Å². The largest absolute Gasteiger partial charge is 0.508 e. The number of phenolic OH excluding ortho intramolecular Hbond substituents is 1. The third-order valence-corrected chi connectivity index (χ3v) is 4.33.